The van der Waals surface area contributed by atoms with E-state index in [2.05, 4.69) is 34.5 Å². The predicted octanol–water partition coefficient (Wildman–Crippen LogP) is 1.01. The molecule has 0 aromatic heterocycles. The molecule has 1 unspecified atom stereocenters. The van der Waals surface area contributed by atoms with E-state index in [1.54, 1.807) is 0 Å². The van der Waals surface area contributed by atoms with Crippen molar-refractivity contribution in [2.45, 2.75) is 18.3 Å². The lowest BCUT2D eigenvalue weighted by atomic mass is 9.66. The Balaban J connectivity index is 2.34. The Hall–Kier alpha value is 0.755. The van der Waals surface area contributed by atoms with Crippen LogP contribution in [0.15, 0.2) is 0 Å². The number of hydrogen-bond acceptors (Lipinski definition) is 1. The highest BCUT2D eigenvalue weighted by molar-refractivity contribution is 14.1. The lowest BCUT2D eigenvalue weighted by Gasteiger charge is -2.49. The van der Waals surface area contributed by atoms with Crippen LogP contribution in [0.3, 0.4) is 0 Å². The molecule has 2 radical (unpaired) electrons. The van der Waals surface area contributed by atoms with Gasteiger partial charge in [0.2, 0.25) is 0 Å². The van der Waals surface area contributed by atoms with Crippen LogP contribution >= 0.6 is 22.6 Å². The maximum Gasteiger partial charge on any atom is 0.0958 e. The first-order valence-electron chi connectivity index (χ1n) is 3.25. The van der Waals surface area contributed by atoms with Crippen LogP contribution in [0.25, 0.3) is 0 Å². The average molecular weight is 235 g/mol. The lowest BCUT2D eigenvalue weighted by molar-refractivity contribution is 0.0842. The highest BCUT2D eigenvalue weighted by Gasteiger charge is 2.35. The van der Waals surface area contributed by atoms with E-state index in [1.165, 1.54) is 17.4 Å². The van der Waals surface area contributed by atoms with Crippen LogP contribution in [-0.4, -0.2) is 36.2 Å². The van der Waals surface area contributed by atoms with Crippen LogP contribution in [-0.2, 0) is 0 Å². The first kappa shape index (κ1) is 7.86. The highest BCUT2D eigenvalue weighted by Crippen LogP contribution is 2.28. The van der Waals surface area contributed by atoms with Crippen LogP contribution in [0.2, 0.25) is 0 Å². The molecule has 0 N–H and O–H groups in total. The summed E-state index contributed by atoms with van der Waals surface area (Å²) in [6, 6.07) is 0. The van der Waals surface area contributed by atoms with Gasteiger partial charge in [-0.2, -0.15) is 0 Å². The molecule has 1 heterocycles. The fourth-order valence-corrected chi connectivity index (χ4v) is 2.04. The maximum atomic E-state index is 5.98. The standard InChI is InChI=1S/C6H11BIN/c1-9-5-3-6(9,7)2-4-8/h2-5H2,1H3. The quantitative estimate of drug-likeness (QED) is 0.392. The predicted molar refractivity (Wildman–Crippen MR) is 49.2 cm³/mol. The third-order valence-corrected chi connectivity index (χ3v) is 2.71. The summed E-state index contributed by atoms with van der Waals surface area (Å²) in [5, 5.41) is 0. The number of likely N-dealkylation sites (tertiary alicyclic amines) is 1. The van der Waals surface area contributed by atoms with Crippen molar-refractivity contribution in [3.8, 4) is 0 Å². The lowest BCUT2D eigenvalue weighted by Crippen LogP contribution is -2.58. The molecule has 0 bridgehead atoms. The molecule has 0 aliphatic carbocycles. The largest absolute Gasteiger partial charge is 0.309 e. The summed E-state index contributed by atoms with van der Waals surface area (Å²) in [5.74, 6) is 0. The van der Waals surface area contributed by atoms with E-state index in [4.69, 9.17) is 7.85 Å². The van der Waals surface area contributed by atoms with Crippen molar-refractivity contribution < 1.29 is 0 Å². The Morgan fingerprint density at radius 3 is 2.56 bits per heavy atom. The Labute approximate surface area is 71.7 Å². The second-order valence-electron chi connectivity index (χ2n) is 2.71. The van der Waals surface area contributed by atoms with Crippen molar-refractivity contribution in [1.29, 1.82) is 0 Å². The zero-order valence-electron chi connectivity index (χ0n) is 5.73. The van der Waals surface area contributed by atoms with Crippen molar-refractivity contribution >= 4 is 30.4 Å². The summed E-state index contributed by atoms with van der Waals surface area (Å²) in [6.07, 6.45) is 2.30. The van der Waals surface area contributed by atoms with Crippen molar-refractivity contribution in [2.75, 3.05) is 18.0 Å². The van der Waals surface area contributed by atoms with E-state index in [9.17, 15) is 0 Å². The van der Waals surface area contributed by atoms with Gasteiger partial charge in [-0.3, -0.25) is 0 Å². The van der Waals surface area contributed by atoms with Gasteiger partial charge in [-0.25, -0.2) is 0 Å². The van der Waals surface area contributed by atoms with Gasteiger partial charge in [0.15, 0.2) is 0 Å². The van der Waals surface area contributed by atoms with Crippen molar-refractivity contribution in [2.24, 2.45) is 0 Å². The molecule has 0 saturated carbocycles. The second kappa shape index (κ2) is 2.78. The van der Waals surface area contributed by atoms with Gasteiger partial charge in [0.1, 0.15) is 0 Å². The number of rotatable bonds is 2. The summed E-state index contributed by atoms with van der Waals surface area (Å²) >= 11 is 2.37. The van der Waals surface area contributed by atoms with E-state index in [0.29, 0.717) is 0 Å². The molecule has 0 amide bonds. The molecule has 1 saturated heterocycles. The molecular weight excluding hydrogens is 224 g/mol. The van der Waals surface area contributed by atoms with E-state index in [1.807, 2.05) is 0 Å². The minimum absolute atomic E-state index is 0.0567. The smallest absolute Gasteiger partial charge is 0.0958 e. The average Bonchev–Trinajstić information content (AvgIpc) is 1.86. The fraction of sp³-hybridized carbons (Fsp3) is 1.00. The third-order valence-electron chi connectivity index (χ3n) is 2.17. The van der Waals surface area contributed by atoms with Gasteiger partial charge in [0, 0.05) is 4.43 Å². The topological polar surface area (TPSA) is 3.24 Å². The number of hydrogen-bond donors (Lipinski definition) is 0. The first-order valence-corrected chi connectivity index (χ1v) is 4.78. The first-order chi connectivity index (χ1) is 4.19. The van der Waals surface area contributed by atoms with Crippen LogP contribution in [0.4, 0.5) is 0 Å². The van der Waals surface area contributed by atoms with Gasteiger partial charge < -0.3 is 4.90 Å². The Kier molecular flexibility index (Phi) is 2.43. The molecule has 9 heavy (non-hydrogen) atoms. The molecule has 3 heteroatoms. The molecule has 1 rings (SSSR count). The van der Waals surface area contributed by atoms with Gasteiger partial charge in [-0.15, -0.1) is 0 Å². The Bertz CT molecular complexity index is 109. The molecule has 1 nitrogen and oxygen atoms in total. The van der Waals surface area contributed by atoms with Crippen LogP contribution < -0.4 is 0 Å². The van der Waals surface area contributed by atoms with Gasteiger partial charge in [-0.05, 0) is 31.9 Å². The molecule has 50 valence electrons. The Morgan fingerprint density at radius 2 is 2.44 bits per heavy atom. The number of alkyl halides is 1. The van der Waals surface area contributed by atoms with E-state index >= 15 is 0 Å². The van der Waals surface area contributed by atoms with Gasteiger partial charge in [0.05, 0.1) is 7.85 Å². The van der Waals surface area contributed by atoms with Crippen LogP contribution in [0.1, 0.15) is 12.8 Å². The summed E-state index contributed by atoms with van der Waals surface area (Å²) in [6.45, 7) is 1.17. The molecular formula is C6H11BIN. The monoisotopic (exact) mass is 235 g/mol. The molecule has 0 aromatic carbocycles. The van der Waals surface area contributed by atoms with E-state index < -0.39 is 0 Å². The van der Waals surface area contributed by atoms with Gasteiger partial charge >= 0.3 is 0 Å². The normalized spacial score (nSPS) is 36.2. The highest BCUT2D eigenvalue weighted by atomic mass is 127. The van der Waals surface area contributed by atoms with E-state index in [-0.39, 0.29) is 5.44 Å². The van der Waals surface area contributed by atoms with Crippen molar-refractivity contribution in [1.82, 2.24) is 4.90 Å². The van der Waals surface area contributed by atoms with Gasteiger partial charge in [0.25, 0.3) is 0 Å². The van der Waals surface area contributed by atoms with Gasteiger partial charge in [-0.1, -0.05) is 22.6 Å². The molecule has 1 aliphatic rings. The molecule has 0 spiro atoms. The minimum atomic E-state index is 0.0567. The zero-order valence-corrected chi connectivity index (χ0v) is 7.89. The molecule has 1 atom stereocenters. The molecule has 1 fully saturated rings. The summed E-state index contributed by atoms with van der Waals surface area (Å²) in [7, 11) is 8.07. The number of nitrogens with zero attached hydrogens (tertiary/aromatic N) is 1. The van der Waals surface area contributed by atoms with Crippen molar-refractivity contribution in [3.05, 3.63) is 0 Å². The molecule has 1 aliphatic heterocycles. The van der Waals surface area contributed by atoms with E-state index in [0.717, 1.165) is 6.42 Å². The Morgan fingerprint density at radius 1 is 1.78 bits per heavy atom. The maximum absolute atomic E-state index is 5.98. The minimum Gasteiger partial charge on any atom is -0.309 e. The van der Waals surface area contributed by atoms with Crippen molar-refractivity contribution in [3.63, 3.8) is 0 Å². The van der Waals surface area contributed by atoms with Crippen LogP contribution in [0.5, 0.6) is 0 Å². The summed E-state index contributed by atoms with van der Waals surface area (Å²) in [5.41, 5.74) is 0.0567. The van der Waals surface area contributed by atoms with Crippen LogP contribution in [0, 0.1) is 0 Å². The second-order valence-corrected chi connectivity index (χ2v) is 3.79. The molecule has 0 aromatic rings. The number of halogens is 1. The SMILES string of the molecule is [B]C1(CCI)CCN1C. The third kappa shape index (κ3) is 1.42. The summed E-state index contributed by atoms with van der Waals surface area (Å²) in [4.78, 5) is 2.23. The zero-order chi connectivity index (χ0) is 6.91. The summed E-state index contributed by atoms with van der Waals surface area (Å²) < 4.78 is 1.17. The fourth-order valence-electron chi connectivity index (χ4n) is 1.10.